The van der Waals surface area contributed by atoms with E-state index in [0.717, 1.165) is 35.3 Å². The fourth-order valence-corrected chi connectivity index (χ4v) is 2.51. The molecule has 0 radical (unpaired) electrons. The zero-order valence-corrected chi connectivity index (χ0v) is 10.5. The molecule has 2 N–H and O–H groups in total. The predicted molar refractivity (Wildman–Crippen MR) is 70.0 cm³/mol. The molecule has 2 nitrogen and oxygen atoms in total. The molecule has 1 aromatic rings. The Balaban J connectivity index is 2.14. The maximum Gasteiger partial charge on any atom is 0.0642 e. The topological polar surface area (TPSA) is 29.3 Å². The van der Waals surface area contributed by atoms with Gasteiger partial charge in [-0.05, 0) is 36.5 Å². The second-order valence-electron chi connectivity index (χ2n) is 4.66. The average Bonchev–Trinajstić information content (AvgIpc) is 2.30. The van der Waals surface area contributed by atoms with Gasteiger partial charge in [0.15, 0.2) is 0 Å². The molecule has 1 aliphatic heterocycles. The summed E-state index contributed by atoms with van der Waals surface area (Å²) in [5.74, 6) is 0.846. The van der Waals surface area contributed by atoms with E-state index in [-0.39, 0.29) is 0 Å². The molecule has 1 saturated heterocycles. The van der Waals surface area contributed by atoms with E-state index in [1.807, 2.05) is 6.07 Å². The van der Waals surface area contributed by atoms with Crippen LogP contribution in [0, 0.1) is 5.92 Å². The summed E-state index contributed by atoms with van der Waals surface area (Å²) in [6, 6.07) is 6.15. The van der Waals surface area contributed by atoms with E-state index in [4.69, 9.17) is 17.3 Å². The maximum atomic E-state index is 6.28. The third-order valence-electron chi connectivity index (χ3n) is 3.37. The van der Waals surface area contributed by atoms with Crippen molar-refractivity contribution in [2.45, 2.75) is 26.3 Å². The Bertz CT molecular complexity index is 357. The predicted octanol–water partition coefficient (Wildman–Crippen LogP) is 3.04. The van der Waals surface area contributed by atoms with Gasteiger partial charge in [-0.25, -0.2) is 0 Å². The van der Waals surface area contributed by atoms with Crippen molar-refractivity contribution in [3.8, 4) is 0 Å². The van der Waals surface area contributed by atoms with Gasteiger partial charge in [0.05, 0.1) is 10.7 Å². The van der Waals surface area contributed by atoms with Gasteiger partial charge in [0, 0.05) is 19.6 Å². The number of hydrogen-bond acceptors (Lipinski definition) is 2. The third kappa shape index (κ3) is 2.50. The fourth-order valence-electron chi connectivity index (χ4n) is 2.18. The zero-order valence-electron chi connectivity index (χ0n) is 9.75. The number of hydrogen-bond donors (Lipinski definition) is 1. The molecule has 0 atom stereocenters. The van der Waals surface area contributed by atoms with Crippen molar-refractivity contribution in [1.29, 1.82) is 0 Å². The largest absolute Gasteiger partial charge is 0.370 e. The van der Waals surface area contributed by atoms with Crippen molar-refractivity contribution in [3.63, 3.8) is 0 Å². The van der Waals surface area contributed by atoms with Crippen LogP contribution in [-0.2, 0) is 6.54 Å². The van der Waals surface area contributed by atoms with Gasteiger partial charge in [-0.1, -0.05) is 24.6 Å². The lowest BCUT2D eigenvalue weighted by atomic mass is 9.98. The highest BCUT2D eigenvalue weighted by molar-refractivity contribution is 6.33. The minimum Gasteiger partial charge on any atom is -0.370 e. The molecule has 0 amide bonds. The van der Waals surface area contributed by atoms with E-state index >= 15 is 0 Å². The molecular weight excluding hydrogens is 220 g/mol. The Morgan fingerprint density at radius 2 is 2.06 bits per heavy atom. The monoisotopic (exact) mass is 238 g/mol. The van der Waals surface area contributed by atoms with Crippen molar-refractivity contribution in [2.24, 2.45) is 11.7 Å². The van der Waals surface area contributed by atoms with Gasteiger partial charge in [0.2, 0.25) is 0 Å². The molecule has 1 aromatic carbocycles. The first-order valence-electron chi connectivity index (χ1n) is 5.94. The quantitative estimate of drug-likeness (QED) is 0.858. The Labute approximate surface area is 102 Å². The first-order valence-corrected chi connectivity index (χ1v) is 6.32. The lowest BCUT2D eigenvalue weighted by Crippen LogP contribution is -2.32. The SMILES string of the molecule is CC1CCN(c2ccc(CN)cc2Cl)CC1. The molecule has 3 heteroatoms. The standard InChI is InChI=1S/C13H19ClN2/c1-10-4-6-16(7-5-10)13-3-2-11(9-15)8-12(13)14/h2-3,8,10H,4-7,9,15H2,1H3. The van der Waals surface area contributed by atoms with Crippen LogP contribution in [0.3, 0.4) is 0 Å². The van der Waals surface area contributed by atoms with Crippen molar-refractivity contribution in [1.82, 2.24) is 0 Å². The summed E-state index contributed by atoms with van der Waals surface area (Å²) < 4.78 is 0. The van der Waals surface area contributed by atoms with E-state index in [1.54, 1.807) is 0 Å². The molecule has 0 aromatic heterocycles. The smallest absolute Gasteiger partial charge is 0.0642 e. The molecule has 0 spiro atoms. The van der Waals surface area contributed by atoms with Crippen molar-refractivity contribution in [2.75, 3.05) is 18.0 Å². The summed E-state index contributed by atoms with van der Waals surface area (Å²) in [4.78, 5) is 2.38. The number of anilines is 1. The van der Waals surface area contributed by atoms with Crippen molar-refractivity contribution < 1.29 is 0 Å². The number of benzene rings is 1. The van der Waals surface area contributed by atoms with Gasteiger partial charge in [0.1, 0.15) is 0 Å². The number of rotatable bonds is 2. The summed E-state index contributed by atoms with van der Waals surface area (Å²) in [6.07, 6.45) is 2.52. The molecule has 1 aliphatic rings. The number of nitrogens with zero attached hydrogens (tertiary/aromatic N) is 1. The summed E-state index contributed by atoms with van der Waals surface area (Å²) in [7, 11) is 0. The summed E-state index contributed by atoms with van der Waals surface area (Å²) >= 11 is 6.28. The second kappa shape index (κ2) is 5.07. The highest BCUT2D eigenvalue weighted by Crippen LogP contribution is 2.30. The summed E-state index contributed by atoms with van der Waals surface area (Å²) in [6.45, 7) is 5.10. The van der Waals surface area contributed by atoms with Crippen LogP contribution in [0.1, 0.15) is 25.3 Å². The lowest BCUT2D eigenvalue weighted by Gasteiger charge is -2.32. The van der Waals surface area contributed by atoms with Gasteiger partial charge >= 0.3 is 0 Å². The highest BCUT2D eigenvalue weighted by Gasteiger charge is 2.17. The second-order valence-corrected chi connectivity index (χ2v) is 5.07. The van der Waals surface area contributed by atoms with Crippen LogP contribution < -0.4 is 10.6 Å². The Morgan fingerprint density at radius 3 is 2.62 bits per heavy atom. The molecule has 0 unspecified atom stereocenters. The first kappa shape index (κ1) is 11.7. The Hall–Kier alpha value is -0.730. The van der Waals surface area contributed by atoms with Gasteiger partial charge in [-0.15, -0.1) is 0 Å². The van der Waals surface area contributed by atoms with E-state index < -0.39 is 0 Å². The van der Waals surface area contributed by atoms with Crippen LogP contribution in [0.5, 0.6) is 0 Å². The van der Waals surface area contributed by atoms with Gasteiger partial charge in [0.25, 0.3) is 0 Å². The summed E-state index contributed by atoms with van der Waals surface area (Å²) in [5, 5.41) is 0.831. The summed E-state index contributed by atoms with van der Waals surface area (Å²) in [5.41, 5.74) is 7.85. The third-order valence-corrected chi connectivity index (χ3v) is 3.67. The minimum atomic E-state index is 0.553. The van der Waals surface area contributed by atoms with Crippen molar-refractivity contribution in [3.05, 3.63) is 28.8 Å². The first-order chi connectivity index (χ1) is 7.70. The maximum absolute atomic E-state index is 6.28. The van der Waals surface area contributed by atoms with Gasteiger partial charge < -0.3 is 10.6 Å². The van der Waals surface area contributed by atoms with Crippen LogP contribution >= 0.6 is 11.6 Å². The molecule has 1 heterocycles. The normalized spacial score (nSPS) is 17.8. The van der Waals surface area contributed by atoms with Crippen LogP contribution in [0.4, 0.5) is 5.69 Å². The minimum absolute atomic E-state index is 0.553. The zero-order chi connectivity index (χ0) is 11.5. The molecule has 0 saturated carbocycles. The van der Waals surface area contributed by atoms with Gasteiger partial charge in [-0.3, -0.25) is 0 Å². The van der Waals surface area contributed by atoms with Crippen LogP contribution in [0.25, 0.3) is 0 Å². The molecule has 1 fully saturated rings. The van der Waals surface area contributed by atoms with Crippen LogP contribution in [-0.4, -0.2) is 13.1 Å². The van der Waals surface area contributed by atoms with E-state index in [1.165, 1.54) is 12.8 Å². The number of halogens is 1. The molecule has 2 rings (SSSR count). The molecular formula is C13H19ClN2. The number of nitrogens with two attached hydrogens (primary N) is 1. The highest BCUT2D eigenvalue weighted by atomic mass is 35.5. The Morgan fingerprint density at radius 1 is 1.38 bits per heavy atom. The number of piperidine rings is 1. The van der Waals surface area contributed by atoms with Crippen molar-refractivity contribution >= 4 is 17.3 Å². The fraction of sp³-hybridized carbons (Fsp3) is 0.538. The molecule has 0 aliphatic carbocycles. The molecule has 0 bridgehead atoms. The van der Waals surface area contributed by atoms with E-state index in [0.29, 0.717) is 6.54 Å². The average molecular weight is 239 g/mol. The van der Waals surface area contributed by atoms with E-state index in [9.17, 15) is 0 Å². The Kier molecular flexibility index (Phi) is 3.72. The van der Waals surface area contributed by atoms with E-state index in [2.05, 4.69) is 24.0 Å². The van der Waals surface area contributed by atoms with Gasteiger partial charge in [-0.2, -0.15) is 0 Å². The lowest BCUT2D eigenvalue weighted by molar-refractivity contribution is 0.438. The van der Waals surface area contributed by atoms with Crippen LogP contribution in [0.15, 0.2) is 18.2 Å². The molecule has 16 heavy (non-hydrogen) atoms. The molecule has 88 valence electrons. The van der Waals surface area contributed by atoms with Crippen LogP contribution in [0.2, 0.25) is 5.02 Å².